The van der Waals surface area contributed by atoms with Gasteiger partial charge in [0.2, 0.25) is 5.91 Å². The van der Waals surface area contributed by atoms with Gasteiger partial charge in [-0.25, -0.2) is 14.2 Å². The number of carboxylic acids is 1. The third-order valence-electron chi connectivity index (χ3n) is 4.39. The van der Waals surface area contributed by atoms with Gasteiger partial charge in [-0.15, -0.1) is 0 Å². The van der Waals surface area contributed by atoms with E-state index in [0.29, 0.717) is 32.0 Å². The molecule has 0 unspecified atom stereocenters. The van der Waals surface area contributed by atoms with Gasteiger partial charge in [-0.3, -0.25) is 4.79 Å². The molecule has 1 saturated heterocycles. The third-order valence-corrected chi connectivity index (χ3v) is 4.39. The van der Waals surface area contributed by atoms with Crippen molar-refractivity contribution < 1.29 is 19.1 Å². The number of anilines is 1. The first-order valence-electron chi connectivity index (χ1n) is 8.50. The number of amides is 1. The monoisotopic (exact) mass is 357 g/mol. The van der Waals surface area contributed by atoms with Crippen molar-refractivity contribution in [3.8, 4) is 0 Å². The lowest BCUT2D eigenvalue weighted by Crippen LogP contribution is -2.36. The van der Waals surface area contributed by atoms with Gasteiger partial charge in [-0.2, -0.15) is 0 Å². The number of aromatic carboxylic acids is 1. The van der Waals surface area contributed by atoms with Crippen LogP contribution < -0.4 is 4.90 Å². The van der Waals surface area contributed by atoms with Crippen LogP contribution >= 0.6 is 0 Å². The average molecular weight is 357 g/mol. The summed E-state index contributed by atoms with van der Waals surface area (Å²) in [6.07, 6.45) is 1.02. The molecule has 0 spiro atoms. The van der Waals surface area contributed by atoms with E-state index in [0.717, 1.165) is 12.0 Å². The van der Waals surface area contributed by atoms with E-state index in [9.17, 15) is 14.0 Å². The number of nitrogens with zero attached hydrogens (tertiary/aromatic N) is 3. The van der Waals surface area contributed by atoms with E-state index in [1.54, 1.807) is 29.2 Å². The summed E-state index contributed by atoms with van der Waals surface area (Å²) in [5.41, 5.74) is 0.796. The maximum atomic E-state index is 13.0. The Balaban J connectivity index is 1.62. The Morgan fingerprint density at radius 1 is 1.04 bits per heavy atom. The lowest BCUT2D eigenvalue weighted by atomic mass is 10.1. The number of hydrogen-bond donors (Lipinski definition) is 1. The number of carboxylic acid groups (broad SMARTS) is 1. The summed E-state index contributed by atoms with van der Waals surface area (Å²) in [4.78, 5) is 31.6. The molecule has 1 N–H and O–H groups in total. The summed E-state index contributed by atoms with van der Waals surface area (Å²) in [5.74, 6) is -0.760. The zero-order valence-electron chi connectivity index (χ0n) is 14.3. The van der Waals surface area contributed by atoms with Crippen LogP contribution in [0.1, 0.15) is 22.5 Å². The molecule has 6 nitrogen and oxygen atoms in total. The highest BCUT2D eigenvalue weighted by Crippen LogP contribution is 2.15. The van der Waals surface area contributed by atoms with E-state index in [1.807, 2.05) is 4.90 Å². The van der Waals surface area contributed by atoms with Crippen molar-refractivity contribution in [1.82, 2.24) is 9.88 Å². The van der Waals surface area contributed by atoms with Gasteiger partial charge >= 0.3 is 5.97 Å². The highest BCUT2D eigenvalue weighted by molar-refractivity contribution is 5.85. The Morgan fingerprint density at radius 2 is 1.81 bits per heavy atom. The van der Waals surface area contributed by atoms with Gasteiger partial charge in [-0.05, 0) is 36.2 Å². The lowest BCUT2D eigenvalue weighted by Gasteiger charge is -2.23. The Hall–Kier alpha value is -2.96. The number of hydrogen-bond acceptors (Lipinski definition) is 4. The highest BCUT2D eigenvalue weighted by atomic mass is 19.1. The minimum Gasteiger partial charge on any atom is -0.477 e. The summed E-state index contributed by atoms with van der Waals surface area (Å²) < 4.78 is 13.0. The van der Waals surface area contributed by atoms with Crippen LogP contribution in [0.4, 0.5) is 10.2 Å². The Kier molecular flexibility index (Phi) is 5.46. The predicted molar refractivity (Wildman–Crippen MR) is 94.7 cm³/mol. The van der Waals surface area contributed by atoms with Crippen LogP contribution in [0, 0.1) is 5.82 Å². The van der Waals surface area contributed by atoms with Gasteiger partial charge in [0.15, 0.2) is 5.69 Å². The summed E-state index contributed by atoms with van der Waals surface area (Å²) in [7, 11) is 0. The fourth-order valence-electron chi connectivity index (χ4n) is 3.00. The summed E-state index contributed by atoms with van der Waals surface area (Å²) in [6, 6.07) is 10.9. The molecule has 1 aromatic heterocycles. The van der Waals surface area contributed by atoms with E-state index in [2.05, 4.69) is 4.98 Å². The van der Waals surface area contributed by atoms with Crippen molar-refractivity contribution in [3.63, 3.8) is 0 Å². The van der Waals surface area contributed by atoms with Gasteiger partial charge in [0, 0.05) is 26.2 Å². The number of carbonyl (C=O) groups is 2. The van der Waals surface area contributed by atoms with Gasteiger partial charge in [0.05, 0.1) is 6.42 Å². The summed E-state index contributed by atoms with van der Waals surface area (Å²) >= 11 is 0. The number of pyridine rings is 1. The maximum absolute atomic E-state index is 13.0. The molecular weight excluding hydrogens is 337 g/mol. The molecule has 136 valence electrons. The summed E-state index contributed by atoms with van der Waals surface area (Å²) in [5, 5.41) is 9.08. The average Bonchev–Trinajstić information content (AvgIpc) is 2.90. The van der Waals surface area contributed by atoms with E-state index < -0.39 is 5.97 Å². The van der Waals surface area contributed by atoms with Crippen molar-refractivity contribution in [2.45, 2.75) is 12.8 Å². The maximum Gasteiger partial charge on any atom is 0.354 e. The molecule has 1 aromatic carbocycles. The Labute approximate surface area is 150 Å². The van der Waals surface area contributed by atoms with Crippen LogP contribution in [0.2, 0.25) is 0 Å². The molecule has 26 heavy (non-hydrogen) atoms. The van der Waals surface area contributed by atoms with Gasteiger partial charge in [-0.1, -0.05) is 18.2 Å². The zero-order chi connectivity index (χ0) is 18.5. The predicted octanol–water partition coefficient (Wildman–Crippen LogP) is 2.20. The normalized spacial score (nSPS) is 14.8. The van der Waals surface area contributed by atoms with Crippen LogP contribution in [0.15, 0.2) is 42.5 Å². The second-order valence-electron chi connectivity index (χ2n) is 6.21. The van der Waals surface area contributed by atoms with Gasteiger partial charge in [0.25, 0.3) is 0 Å². The molecule has 0 saturated carbocycles. The van der Waals surface area contributed by atoms with Crippen molar-refractivity contribution in [2.75, 3.05) is 31.1 Å². The van der Waals surface area contributed by atoms with E-state index in [1.165, 1.54) is 18.2 Å². The molecule has 2 aromatic rings. The molecule has 1 amide bonds. The van der Waals surface area contributed by atoms with E-state index in [4.69, 9.17) is 5.11 Å². The van der Waals surface area contributed by atoms with Crippen molar-refractivity contribution in [1.29, 1.82) is 0 Å². The molecule has 1 aliphatic rings. The lowest BCUT2D eigenvalue weighted by molar-refractivity contribution is -0.130. The van der Waals surface area contributed by atoms with Crippen LogP contribution in [-0.4, -0.2) is 53.0 Å². The molecule has 7 heteroatoms. The van der Waals surface area contributed by atoms with E-state index >= 15 is 0 Å². The summed E-state index contributed by atoms with van der Waals surface area (Å²) in [6.45, 7) is 2.47. The first-order valence-corrected chi connectivity index (χ1v) is 8.50. The van der Waals surface area contributed by atoms with Crippen molar-refractivity contribution >= 4 is 17.7 Å². The largest absolute Gasteiger partial charge is 0.477 e. The van der Waals surface area contributed by atoms with Gasteiger partial charge < -0.3 is 14.9 Å². The smallest absolute Gasteiger partial charge is 0.354 e. The fourth-order valence-corrected chi connectivity index (χ4v) is 3.00. The topological polar surface area (TPSA) is 73.7 Å². The third kappa shape index (κ3) is 4.36. The van der Waals surface area contributed by atoms with Gasteiger partial charge in [0.1, 0.15) is 11.6 Å². The van der Waals surface area contributed by atoms with Crippen molar-refractivity contribution in [3.05, 3.63) is 59.5 Å². The number of rotatable bonds is 4. The zero-order valence-corrected chi connectivity index (χ0v) is 14.3. The first kappa shape index (κ1) is 17.8. The Morgan fingerprint density at radius 3 is 2.54 bits per heavy atom. The molecule has 0 bridgehead atoms. The number of benzene rings is 1. The minimum atomic E-state index is -1.06. The number of aromatic nitrogens is 1. The fraction of sp³-hybridized carbons (Fsp3) is 0.316. The number of halogens is 1. The van der Waals surface area contributed by atoms with Crippen LogP contribution in [0.3, 0.4) is 0 Å². The SMILES string of the molecule is O=C(O)c1cccc(N2CCCN(C(=O)Cc3ccc(F)cc3)CC2)n1. The molecule has 2 heterocycles. The second-order valence-corrected chi connectivity index (χ2v) is 6.21. The van der Waals surface area contributed by atoms with Crippen molar-refractivity contribution in [2.24, 2.45) is 0 Å². The second kappa shape index (κ2) is 7.95. The molecule has 1 fully saturated rings. The molecule has 1 aliphatic heterocycles. The molecule has 0 radical (unpaired) electrons. The standard InChI is InChI=1S/C19H20FN3O3/c20-15-7-5-14(6-8-15)13-18(24)23-10-2-9-22(11-12-23)17-4-1-3-16(21-17)19(25)26/h1,3-8H,2,9-13H2,(H,25,26). The highest BCUT2D eigenvalue weighted by Gasteiger charge is 2.20. The first-order chi connectivity index (χ1) is 12.5. The Bertz CT molecular complexity index is 795. The minimum absolute atomic E-state index is 0.00528. The molecular formula is C19H20FN3O3. The molecule has 0 atom stereocenters. The van der Waals surface area contributed by atoms with Crippen LogP contribution in [0.5, 0.6) is 0 Å². The van der Waals surface area contributed by atoms with E-state index in [-0.39, 0.29) is 23.8 Å². The molecule has 0 aliphatic carbocycles. The van der Waals surface area contributed by atoms with Crippen LogP contribution in [-0.2, 0) is 11.2 Å². The number of carbonyl (C=O) groups excluding carboxylic acids is 1. The quantitative estimate of drug-likeness (QED) is 0.908. The molecule has 3 rings (SSSR count). The van der Waals surface area contributed by atoms with Crippen LogP contribution in [0.25, 0.3) is 0 Å².